The van der Waals surface area contributed by atoms with Gasteiger partial charge in [0.2, 0.25) is 0 Å². The van der Waals surface area contributed by atoms with Gasteiger partial charge in [-0.15, -0.1) is 0 Å². The van der Waals surface area contributed by atoms with Crippen LogP contribution in [0.3, 0.4) is 0 Å². The third-order valence-corrected chi connectivity index (χ3v) is 2.78. The van der Waals surface area contributed by atoms with Crippen LogP contribution < -0.4 is 5.32 Å². The van der Waals surface area contributed by atoms with E-state index in [0.717, 1.165) is 26.2 Å². The van der Waals surface area contributed by atoms with Gasteiger partial charge in [-0.2, -0.15) is 0 Å². The third kappa shape index (κ3) is 5.33. The summed E-state index contributed by atoms with van der Waals surface area (Å²) in [7, 11) is 0. The summed E-state index contributed by atoms with van der Waals surface area (Å²) >= 11 is 0. The Hall–Kier alpha value is -0.860. The van der Waals surface area contributed by atoms with Crippen LogP contribution >= 0.6 is 0 Å². The highest BCUT2D eigenvalue weighted by atomic mass is 16.5. The molecule has 1 atom stereocenters. The molecule has 0 saturated heterocycles. The average molecular weight is 235 g/mol. The number of likely N-dealkylation sites (N-methyl/N-ethyl adjacent to an activating group) is 1. The van der Waals surface area contributed by atoms with E-state index in [1.54, 1.807) is 0 Å². The Labute approximate surface area is 105 Å². The summed E-state index contributed by atoms with van der Waals surface area (Å²) in [5, 5.41) is 3.48. The van der Waals surface area contributed by atoms with E-state index in [0.29, 0.717) is 6.04 Å². The summed E-state index contributed by atoms with van der Waals surface area (Å²) in [6, 6.07) is 7.17. The zero-order valence-corrected chi connectivity index (χ0v) is 11.5. The standard InChI is InChI=1S/C15H25NO/c1-5-16-15(11-17-6-2)10-14-8-12(3)7-13(4)9-14/h7-9,15-16H,5-6,10-11H2,1-4H3. The number of nitrogens with one attached hydrogen (secondary N) is 1. The maximum absolute atomic E-state index is 5.52. The van der Waals surface area contributed by atoms with Gasteiger partial charge < -0.3 is 10.1 Å². The molecule has 0 spiro atoms. The Morgan fingerprint density at radius 3 is 2.29 bits per heavy atom. The van der Waals surface area contributed by atoms with Crippen LogP contribution in [0.25, 0.3) is 0 Å². The number of rotatable bonds is 7. The largest absolute Gasteiger partial charge is 0.380 e. The molecule has 2 heteroatoms. The minimum atomic E-state index is 0.418. The smallest absolute Gasteiger partial charge is 0.0622 e. The molecule has 1 aromatic rings. The maximum Gasteiger partial charge on any atom is 0.0622 e. The third-order valence-electron chi connectivity index (χ3n) is 2.78. The van der Waals surface area contributed by atoms with E-state index in [-0.39, 0.29) is 0 Å². The second-order valence-corrected chi connectivity index (χ2v) is 4.61. The molecule has 0 bridgehead atoms. The Morgan fingerprint density at radius 1 is 1.12 bits per heavy atom. The quantitative estimate of drug-likeness (QED) is 0.784. The van der Waals surface area contributed by atoms with Gasteiger partial charge in [0.15, 0.2) is 0 Å². The first-order valence-electron chi connectivity index (χ1n) is 6.54. The van der Waals surface area contributed by atoms with Gasteiger partial charge in [-0.3, -0.25) is 0 Å². The van der Waals surface area contributed by atoms with Crippen molar-refractivity contribution >= 4 is 0 Å². The number of ether oxygens (including phenoxy) is 1. The molecule has 17 heavy (non-hydrogen) atoms. The zero-order valence-electron chi connectivity index (χ0n) is 11.5. The minimum absolute atomic E-state index is 0.418. The Kier molecular flexibility index (Phi) is 6.23. The highest BCUT2D eigenvalue weighted by Crippen LogP contribution is 2.11. The highest BCUT2D eigenvalue weighted by Gasteiger charge is 2.08. The molecule has 0 aliphatic heterocycles. The molecule has 0 radical (unpaired) electrons. The lowest BCUT2D eigenvalue weighted by Crippen LogP contribution is -2.35. The van der Waals surface area contributed by atoms with Crippen LogP contribution in [-0.4, -0.2) is 25.8 Å². The fraction of sp³-hybridized carbons (Fsp3) is 0.600. The van der Waals surface area contributed by atoms with Crippen molar-refractivity contribution in [2.75, 3.05) is 19.8 Å². The van der Waals surface area contributed by atoms with E-state index in [2.05, 4.69) is 44.3 Å². The zero-order chi connectivity index (χ0) is 12.7. The molecule has 0 heterocycles. The first kappa shape index (κ1) is 14.2. The van der Waals surface area contributed by atoms with E-state index < -0.39 is 0 Å². The molecule has 0 aliphatic rings. The van der Waals surface area contributed by atoms with Crippen LogP contribution in [0.2, 0.25) is 0 Å². The predicted molar refractivity (Wildman–Crippen MR) is 73.6 cm³/mol. The number of hydrogen-bond acceptors (Lipinski definition) is 2. The van der Waals surface area contributed by atoms with Crippen LogP contribution in [0.5, 0.6) is 0 Å². The molecular weight excluding hydrogens is 210 g/mol. The molecular formula is C15H25NO. The van der Waals surface area contributed by atoms with Crippen LogP contribution in [-0.2, 0) is 11.2 Å². The van der Waals surface area contributed by atoms with Gasteiger partial charge >= 0.3 is 0 Å². The topological polar surface area (TPSA) is 21.3 Å². The number of benzene rings is 1. The molecule has 0 aliphatic carbocycles. The van der Waals surface area contributed by atoms with Gasteiger partial charge in [0, 0.05) is 12.6 Å². The molecule has 96 valence electrons. The fourth-order valence-corrected chi connectivity index (χ4v) is 2.21. The molecule has 0 aromatic heterocycles. The summed E-state index contributed by atoms with van der Waals surface area (Å²) in [6.45, 7) is 11.1. The Bertz CT molecular complexity index is 315. The monoisotopic (exact) mass is 235 g/mol. The summed E-state index contributed by atoms with van der Waals surface area (Å²) in [6.07, 6.45) is 1.04. The second kappa shape index (κ2) is 7.46. The number of aryl methyl sites for hydroxylation is 2. The first-order valence-corrected chi connectivity index (χ1v) is 6.54. The first-order chi connectivity index (χ1) is 8.15. The van der Waals surface area contributed by atoms with Gasteiger partial charge in [0.1, 0.15) is 0 Å². The lowest BCUT2D eigenvalue weighted by molar-refractivity contribution is 0.123. The van der Waals surface area contributed by atoms with E-state index in [4.69, 9.17) is 4.74 Å². The van der Waals surface area contributed by atoms with Crippen LogP contribution in [0.4, 0.5) is 0 Å². The molecule has 0 saturated carbocycles. The average Bonchev–Trinajstić information content (AvgIpc) is 2.24. The van der Waals surface area contributed by atoms with Crippen molar-refractivity contribution < 1.29 is 4.74 Å². The SMILES string of the molecule is CCNC(COCC)Cc1cc(C)cc(C)c1. The van der Waals surface area contributed by atoms with E-state index in [1.807, 2.05) is 6.92 Å². The van der Waals surface area contributed by atoms with E-state index in [9.17, 15) is 0 Å². The highest BCUT2D eigenvalue weighted by molar-refractivity contribution is 5.29. The van der Waals surface area contributed by atoms with Crippen molar-refractivity contribution in [3.8, 4) is 0 Å². The summed E-state index contributed by atoms with van der Waals surface area (Å²) in [4.78, 5) is 0. The van der Waals surface area contributed by atoms with Gasteiger partial charge in [0.25, 0.3) is 0 Å². The normalized spacial score (nSPS) is 12.7. The molecule has 1 N–H and O–H groups in total. The van der Waals surface area contributed by atoms with Gasteiger partial charge in [-0.1, -0.05) is 36.2 Å². The van der Waals surface area contributed by atoms with E-state index >= 15 is 0 Å². The Balaban J connectivity index is 2.63. The van der Waals surface area contributed by atoms with E-state index in [1.165, 1.54) is 16.7 Å². The number of hydrogen-bond donors (Lipinski definition) is 1. The van der Waals surface area contributed by atoms with Crippen molar-refractivity contribution in [1.82, 2.24) is 5.32 Å². The molecule has 0 amide bonds. The fourth-order valence-electron chi connectivity index (χ4n) is 2.21. The van der Waals surface area contributed by atoms with Crippen molar-refractivity contribution in [1.29, 1.82) is 0 Å². The van der Waals surface area contributed by atoms with Crippen molar-refractivity contribution in [2.24, 2.45) is 0 Å². The molecule has 1 unspecified atom stereocenters. The molecule has 1 aromatic carbocycles. The lowest BCUT2D eigenvalue weighted by atomic mass is 10.0. The summed E-state index contributed by atoms with van der Waals surface area (Å²) < 4.78 is 5.52. The minimum Gasteiger partial charge on any atom is -0.380 e. The van der Waals surface area contributed by atoms with Crippen molar-refractivity contribution in [3.05, 3.63) is 34.9 Å². The Morgan fingerprint density at radius 2 is 1.76 bits per heavy atom. The molecule has 0 fully saturated rings. The van der Waals surface area contributed by atoms with Gasteiger partial charge in [-0.05, 0) is 39.3 Å². The lowest BCUT2D eigenvalue weighted by Gasteiger charge is -2.18. The summed E-state index contributed by atoms with van der Waals surface area (Å²) in [5.74, 6) is 0. The van der Waals surface area contributed by atoms with Crippen molar-refractivity contribution in [2.45, 2.75) is 40.2 Å². The molecule has 1 rings (SSSR count). The second-order valence-electron chi connectivity index (χ2n) is 4.61. The van der Waals surface area contributed by atoms with Crippen LogP contribution in [0, 0.1) is 13.8 Å². The van der Waals surface area contributed by atoms with Crippen LogP contribution in [0.1, 0.15) is 30.5 Å². The maximum atomic E-state index is 5.52. The molecule has 2 nitrogen and oxygen atoms in total. The van der Waals surface area contributed by atoms with Gasteiger partial charge in [0.05, 0.1) is 6.61 Å². The van der Waals surface area contributed by atoms with Crippen LogP contribution in [0.15, 0.2) is 18.2 Å². The van der Waals surface area contributed by atoms with Gasteiger partial charge in [-0.25, -0.2) is 0 Å². The van der Waals surface area contributed by atoms with Crippen molar-refractivity contribution in [3.63, 3.8) is 0 Å². The summed E-state index contributed by atoms with van der Waals surface area (Å²) in [5.41, 5.74) is 4.08. The predicted octanol–water partition coefficient (Wildman–Crippen LogP) is 2.86.